The maximum absolute atomic E-state index is 12.7. The van der Waals surface area contributed by atoms with E-state index in [1.54, 1.807) is 38.1 Å². The molecule has 0 radical (unpaired) electrons. The summed E-state index contributed by atoms with van der Waals surface area (Å²) >= 11 is 5.80. The van der Waals surface area contributed by atoms with E-state index >= 15 is 0 Å². The van der Waals surface area contributed by atoms with E-state index in [0.29, 0.717) is 16.5 Å². The predicted octanol–water partition coefficient (Wildman–Crippen LogP) is 3.22. The number of benzene rings is 2. The number of anilines is 1. The maximum atomic E-state index is 12.7. The summed E-state index contributed by atoms with van der Waals surface area (Å²) in [5, 5.41) is 3.00. The van der Waals surface area contributed by atoms with Crippen LogP contribution in [0.5, 0.6) is 5.75 Å². The summed E-state index contributed by atoms with van der Waals surface area (Å²) in [4.78, 5) is 25.1. The number of sulfonamides is 1. The van der Waals surface area contributed by atoms with Gasteiger partial charge in [0, 0.05) is 5.02 Å². The number of ether oxygens (including phenoxy) is 2. The van der Waals surface area contributed by atoms with Crippen molar-refractivity contribution in [1.82, 2.24) is 4.72 Å². The van der Waals surface area contributed by atoms with Crippen LogP contribution in [-0.2, 0) is 24.3 Å². The van der Waals surface area contributed by atoms with Crippen molar-refractivity contribution in [3.63, 3.8) is 0 Å². The highest BCUT2D eigenvalue weighted by Crippen LogP contribution is 2.23. The second kappa shape index (κ2) is 10.6. The van der Waals surface area contributed by atoms with E-state index in [1.807, 2.05) is 0 Å². The van der Waals surface area contributed by atoms with Crippen LogP contribution in [0, 0.1) is 5.92 Å². The number of rotatable bonds is 9. The second-order valence-corrected chi connectivity index (χ2v) is 9.22. The van der Waals surface area contributed by atoms with Crippen LogP contribution in [-0.4, -0.2) is 39.5 Å². The van der Waals surface area contributed by atoms with Crippen molar-refractivity contribution in [2.24, 2.45) is 5.92 Å². The highest BCUT2D eigenvalue weighted by Gasteiger charge is 2.32. The van der Waals surface area contributed by atoms with Crippen molar-refractivity contribution in [2.45, 2.75) is 37.8 Å². The van der Waals surface area contributed by atoms with Crippen LogP contribution < -0.4 is 14.8 Å². The third-order valence-electron chi connectivity index (χ3n) is 4.35. The Bertz CT molecular complexity index is 1020. The number of nitrogens with one attached hydrogen (secondary N) is 2. The summed E-state index contributed by atoms with van der Waals surface area (Å²) < 4.78 is 38.0. The number of hydrogen-bond donors (Lipinski definition) is 2. The first-order valence-corrected chi connectivity index (χ1v) is 11.3. The van der Waals surface area contributed by atoms with Gasteiger partial charge in [-0.05, 0) is 49.2 Å². The molecule has 0 aliphatic rings. The van der Waals surface area contributed by atoms with Crippen molar-refractivity contribution < 1.29 is 27.5 Å². The lowest BCUT2D eigenvalue weighted by Crippen LogP contribution is -2.47. The van der Waals surface area contributed by atoms with Crippen molar-refractivity contribution in [3.8, 4) is 5.75 Å². The fourth-order valence-corrected chi connectivity index (χ4v) is 4.05. The Balaban J connectivity index is 2.09. The number of esters is 1. The normalized spacial score (nSPS) is 13.4. The number of hydrogen-bond acceptors (Lipinski definition) is 6. The molecule has 2 rings (SSSR count). The van der Waals surface area contributed by atoms with Crippen molar-refractivity contribution in [3.05, 3.63) is 53.6 Å². The minimum absolute atomic E-state index is 0.0442. The summed E-state index contributed by atoms with van der Waals surface area (Å²) in [6.07, 6.45) is -1.17. The highest BCUT2D eigenvalue weighted by molar-refractivity contribution is 7.89. The van der Waals surface area contributed by atoms with Crippen LogP contribution in [0.4, 0.5) is 5.69 Å². The van der Waals surface area contributed by atoms with E-state index in [0.717, 1.165) is 0 Å². The van der Waals surface area contributed by atoms with Gasteiger partial charge in [0.1, 0.15) is 11.8 Å². The molecule has 0 spiro atoms. The first-order chi connectivity index (χ1) is 14.5. The molecule has 2 N–H and O–H groups in total. The third-order valence-corrected chi connectivity index (χ3v) is 6.06. The summed E-state index contributed by atoms with van der Waals surface area (Å²) in [6, 6.07) is 11.1. The molecule has 0 aliphatic heterocycles. The molecule has 168 valence electrons. The van der Waals surface area contributed by atoms with E-state index < -0.39 is 40.0 Å². The Morgan fingerprint density at radius 1 is 1.00 bits per heavy atom. The Labute approximate surface area is 186 Å². The molecule has 0 saturated carbocycles. The lowest BCUT2D eigenvalue weighted by atomic mass is 10.1. The first kappa shape index (κ1) is 24.6. The molecule has 2 aromatic carbocycles. The predicted molar refractivity (Wildman–Crippen MR) is 118 cm³/mol. The topological polar surface area (TPSA) is 111 Å². The summed E-state index contributed by atoms with van der Waals surface area (Å²) in [7, 11) is -2.54. The van der Waals surface area contributed by atoms with E-state index in [-0.39, 0.29) is 4.90 Å². The largest absolute Gasteiger partial charge is 0.495 e. The SMILES string of the molecule is COc1ccccc1NC(=O)[C@H](C)OC(=O)[C@H](NS(=O)(=O)c1ccc(Cl)cc1)C(C)C. The molecule has 2 aromatic rings. The van der Waals surface area contributed by atoms with Gasteiger partial charge in [-0.15, -0.1) is 0 Å². The Morgan fingerprint density at radius 2 is 1.61 bits per heavy atom. The third kappa shape index (κ3) is 6.68. The van der Waals surface area contributed by atoms with Crippen molar-refractivity contribution in [1.29, 1.82) is 0 Å². The number of amides is 1. The molecule has 8 nitrogen and oxygen atoms in total. The molecule has 0 aromatic heterocycles. The van der Waals surface area contributed by atoms with Crippen LogP contribution in [0.3, 0.4) is 0 Å². The van der Waals surface area contributed by atoms with Gasteiger partial charge < -0.3 is 14.8 Å². The van der Waals surface area contributed by atoms with E-state index in [2.05, 4.69) is 10.0 Å². The second-order valence-electron chi connectivity index (χ2n) is 7.07. The molecule has 10 heteroatoms. The monoisotopic (exact) mass is 468 g/mol. The Kier molecular flexibility index (Phi) is 8.43. The van der Waals surface area contributed by atoms with Crippen LogP contribution >= 0.6 is 11.6 Å². The number of methoxy groups -OCH3 is 1. The van der Waals surface area contributed by atoms with Gasteiger partial charge in [-0.3, -0.25) is 9.59 Å². The first-order valence-electron chi connectivity index (χ1n) is 9.47. The van der Waals surface area contributed by atoms with Gasteiger partial charge in [0.25, 0.3) is 5.91 Å². The molecule has 0 saturated heterocycles. The molecule has 2 atom stereocenters. The fourth-order valence-electron chi connectivity index (χ4n) is 2.59. The van der Waals surface area contributed by atoms with Gasteiger partial charge in [-0.1, -0.05) is 37.6 Å². The van der Waals surface area contributed by atoms with Crippen molar-refractivity contribution >= 4 is 39.2 Å². The zero-order valence-corrected chi connectivity index (χ0v) is 19.2. The zero-order chi connectivity index (χ0) is 23.2. The van der Waals surface area contributed by atoms with E-state index in [9.17, 15) is 18.0 Å². The summed E-state index contributed by atoms with van der Waals surface area (Å²) in [6.45, 7) is 4.72. The fraction of sp³-hybridized carbons (Fsp3) is 0.333. The number of para-hydroxylation sites is 2. The lowest BCUT2D eigenvalue weighted by Gasteiger charge is -2.23. The van der Waals surface area contributed by atoms with Gasteiger partial charge in [0.15, 0.2) is 6.10 Å². The van der Waals surface area contributed by atoms with Crippen LogP contribution in [0.2, 0.25) is 5.02 Å². The van der Waals surface area contributed by atoms with Gasteiger partial charge >= 0.3 is 5.97 Å². The molecular weight excluding hydrogens is 444 g/mol. The highest BCUT2D eigenvalue weighted by atomic mass is 35.5. The molecule has 0 bridgehead atoms. The average Bonchev–Trinajstić information content (AvgIpc) is 2.72. The van der Waals surface area contributed by atoms with Crippen LogP contribution in [0.1, 0.15) is 20.8 Å². The minimum Gasteiger partial charge on any atom is -0.495 e. The maximum Gasteiger partial charge on any atom is 0.325 e. The van der Waals surface area contributed by atoms with Gasteiger partial charge in [0.05, 0.1) is 17.7 Å². The minimum atomic E-state index is -4.01. The van der Waals surface area contributed by atoms with E-state index in [4.69, 9.17) is 21.1 Å². The van der Waals surface area contributed by atoms with Gasteiger partial charge in [-0.25, -0.2) is 8.42 Å². The Morgan fingerprint density at radius 3 is 2.19 bits per heavy atom. The number of carbonyl (C=O) groups is 2. The quantitative estimate of drug-likeness (QED) is 0.546. The molecular formula is C21H25ClN2O6S. The van der Waals surface area contributed by atoms with Gasteiger partial charge in [0.2, 0.25) is 10.0 Å². The summed E-state index contributed by atoms with van der Waals surface area (Å²) in [5.41, 5.74) is 0.418. The average molecular weight is 469 g/mol. The van der Waals surface area contributed by atoms with Crippen LogP contribution in [0.15, 0.2) is 53.4 Å². The summed E-state index contributed by atoms with van der Waals surface area (Å²) in [5.74, 6) is -1.43. The number of carbonyl (C=O) groups excluding carboxylic acids is 2. The molecule has 0 fully saturated rings. The van der Waals surface area contributed by atoms with Crippen LogP contribution in [0.25, 0.3) is 0 Å². The van der Waals surface area contributed by atoms with E-state index in [1.165, 1.54) is 38.3 Å². The zero-order valence-electron chi connectivity index (χ0n) is 17.6. The Hall–Kier alpha value is -2.62. The number of halogens is 1. The van der Waals surface area contributed by atoms with Gasteiger partial charge in [-0.2, -0.15) is 4.72 Å². The smallest absolute Gasteiger partial charge is 0.325 e. The molecule has 1 amide bonds. The molecule has 31 heavy (non-hydrogen) atoms. The molecule has 0 heterocycles. The molecule has 0 unspecified atom stereocenters. The molecule has 0 aliphatic carbocycles. The lowest BCUT2D eigenvalue weighted by molar-refractivity contribution is -0.155. The van der Waals surface area contributed by atoms with Crippen molar-refractivity contribution in [2.75, 3.05) is 12.4 Å². The standard InChI is InChI=1S/C21H25ClN2O6S/c1-13(2)19(24-31(27,28)16-11-9-15(22)10-12-16)21(26)30-14(3)20(25)23-17-7-5-6-8-18(17)29-4/h5-14,19,24H,1-4H3,(H,23,25)/t14-,19+/m0/s1.